The maximum Gasteiger partial charge on any atom is 0.484 e. The van der Waals surface area contributed by atoms with Crippen LogP contribution < -0.4 is 4.90 Å². The molecule has 0 aliphatic heterocycles. The van der Waals surface area contributed by atoms with Crippen molar-refractivity contribution < 1.29 is 13.3 Å². The second-order valence-electron chi connectivity index (χ2n) is 5.07. The van der Waals surface area contributed by atoms with E-state index >= 15 is 0 Å². The fourth-order valence-electron chi connectivity index (χ4n) is 2.28. The van der Waals surface area contributed by atoms with Crippen LogP contribution in [0.5, 0.6) is 0 Å². The van der Waals surface area contributed by atoms with Crippen molar-refractivity contribution in [1.82, 2.24) is 0 Å². The fourth-order valence-corrected chi connectivity index (χ4v) is 3.39. The molecule has 0 N–H and O–H groups in total. The summed E-state index contributed by atoms with van der Waals surface area (Å²) < 4.78 is 15.7. The SMILES string of the molecule is CCN(c1ccccc1)c1ccccc1.CCO[SiH](OCC)OCC. The van der Waals surface area contributed by atoms with Crippen LogP contribution in [-0.4, -0.2) is 35.9 Å². The van der Waals surface area contributed by atoms with Crippen LogP contribution in [0.25, 0.3) is 0 Å². The molecular formula is C20H31NO3Si. The Kier molecular flexibility index (Phi) is 11.6. The van der Waals surface area contributed by atoms with Crippen LogP contribution in [0.4, 0.5) is 11.4 Å². The standard InChI is InChI=1S/C14H15N.C6H16O3Si/c1-2-15(13-9-5-3-6-10-13)14-11-7-4-8-12-14;1-4-7-10(8-5-2)9-6-3/h3-12H,2H2,1H3;10H,4-6H2,1-3H3. The van der Waals surface area contributed by atoms with Gasteiger partial charge in [-0.1, -0.05) is 36.4 Å². The lowest BCUT2D eigenvalue weighted by molar-refractivity contribution is 0.107. The number of benzene rings is 2. The van der Waals surface area contributed by atoms with Gasteiger partial charge >= 0.3 is 9.53 Å². The molecule has 0 radical (unpaired) electrons. The first-order valence-electron chi connectivity index (χ1n) is 8.99. The summed E-state index contributed by atoms with van der Waals surface area (Å²) in [5.74, 6) is 0. The highest BCUT2D eigenvalue weighted by molar-refractivity contribution is 6.36. The van der Waals surface area contributed by atoms with E-state index in [9.17, 15) is 0 Å². The van der Waals surface area contributed by atoms with Gasteiger partial charge in [0.15, 0.2) is 0 Å². The first-order chi connectivity index (χ1) is 12.3. The summed E-state index contributed by atoms with van der Waals surface area (Å²) in [7, 11) is -1.73. The number of rotatable bonds is 9. The summed E-state index contributed by atoms with van der Waals surface area (Å²) in [6.45, 7) is 11.0. The van der Waals surface area contributed by atoms with E-state index in [1.54, 1.807) is 0 Å². The molecule has 0 saturated heterocycles. The van der Waals surface area contributed by atoms with Crippen molar-refractivity contribution in [2.75, 3.05) is 31.3 Å². The first-order valence-corrected chi connectivity index (χ1v) is 10.4. The highest BCUT2D eigenvalue weighted by Gasteiger charge is 2.11. The summed E-state index contributed by atoms with van der Waals surface area (Å²) in [4.78, 5) is 2.29. The third-order valence-electron chi connectivity index (χ3n) is 3.36. The lowest BCUT2D eigenvalue weighted by atomic mass is 10.2. The highest BCUT2D eigenvalue weighted by Crippen LogP contribution is 2.23. The van der Waals surface area contributed by atoms with Gasteiger partial charge in [-0.15, -0.1) is 0 Å². The third kappa shape index (κ3) is 8.31. The molecule has 2 aromatic rings. The molecule has 25 heavy (non-hydrogen) atoms. The van der Waals surface area contributed by atoms with Gasteiger partial charge in [0.05, 0.1) is 0 Å². The molecule has 0 fully saturated rings. The number of anilines is 2. The van der Waals surface area contributed by atoms with Crippen LogP contribution in [0.1, 0.15) is 27.7 Å². The van der Waals surface area contributed by atoms with Gasteiger partial charge in [-0.05, 0) is 52.0 Å². The minimum atomic E-state index is -1.73. The zero-order valence-electron chi connectivity index (χ0n) is 15.9. The molecule has 0 atom stereocenters. The smallest absolute Gasteiger partial charge is 0.376 e. The Morgan fingerprint density at radius 3 is 1.28 bits per heavy atom. The molecule has 138 valence electrons. The van der Waals surface area contributed by atoms with Crippen molar-refractivity contribution in [1.29, 1.82) is 0 Å². The fraction of sp³-hybridized carbons (Fsp3) is 0.400. The Morgan fingerprint density at radius 1 is 0.640 bits per heavy atom. The molecule has 2 rings (SSSR count). The molecule has 2 aromatic carbocycles. The van der Waals surface area contributed by atoms with Crippen molar-refractivity contribution in [2.45, 2.75) is 27.7 Å². The monoisotopic (exact) mass is 361 g/mol. The van der Waals surface area contributed by atoms with E-state index in [2.05, 4.69) is 60.4 Å². The zero-order valence-corrected chi connectivity index (χ0v) is 17.0. The van der Waals surface area contributed by atoms with Gasteiger partial charge in [-0.25, -0.2) is 0 Å². The van der Waals surface area contributed by atoms with Gasteiger partial charge in [-0.3, -0.25) is 0 Å². The Labute approximate surface area is 154 Å². The number of hydrogen-bond acceptors (Lipinski definition) is 4. The van der Waals surface area contributed by atoms with Crippen molar-refractivity contribution in [3.63, 3.8) is 0 Å². The molecule has 0 heterocycles. The lowest BCUT2D eigenvalue weighted by Crippen LogP contribution is -2.27. The van der Waals surface area contributed by atoms with Crippen molar-refractivity contribution in [3.8, 4) is 0 Å². The summed E-state index contributed by atoms with van der Waals surface area (Å²) in [6, 6.07) is 20.9. The number of hydrogen-bond donors (Lipinski definition) is 0. The largest absolute Gasteiger partial charge is 0.484 e. The predicted molar refractivity (Wildman–Crippen MR) is 108 cm³/mol. The van der Waals surface area contributed by atoms with Crippen LogP contribution in [-0.2, 0) is 13.3 Å². The molecule has 0 unspecified atom stereocenters. The van der Waals surface area contributed by atoms with E-state index in [1.807, 2.05) is 32.9 Å². The topological polar surface area (TPSA) is 30.9 Å². The van der Waals surface area contributed by atoms with Gasteiger partial charge in [-0.2, -0.15) is 0 Å². The van der Waals surface area contributed by atoms with Gasteiger partial charge in [0.1, 0.15) is 0 Å². The minimum absolute atomic E-state index is 0.677. The van der Waals surface area contributed by atoms with Crippen LogP contribution in [0.3, 0.4) is 0 Å². The van der Waals surface area contributed by atoms with Gasteiger partial charge in [0, 0.05) is 37.7 Å². The van der Waals surface area contributed by atoms with E-state index in [0.717, 1.165) is 6.54 Å². The van der Waals surface area contributed by atoms with Gasteiger partial charge in [0.25, 0.3) is 0 Å². The molecule has 0 aromatic heterocycles. The molecule has 0 aliphatic rings. The van der Waals surface area contributed by atoms with Crippen LogP contribution in [0, 0.1) is 0 Å². The molecule has 4 nitrogen and oxygen atoms in total. The molecule has 0 spiro atoms. The maximum atomic E-state index is 5.22. The average Bonchev–Trinajstić information content (AvgIpc) is 2.65. The Hall–Kier alpha value is -1.66. The first kappa shape index (κ1) is 21.4. The Morgan fingerprint density at radius 2 is 1.00 bits per heavy atom. The van der Waals surface area contributed by atoms with Crippen LogP contribution in [0.15, 0.2) is 60.7 Å². The van der Waals surface area contributed by atoms with Gasteiger partial charge in [0.2, 0.25) is 0 Å². The molecule has 0 aliphatic carbocycles. The molecule has 5 heteroatoms. The second-order valence-corrected chi connectivity index (χ2v) is 6.65. The predicted octanol–water partition coefficient (Wildman–Crippen LogP) is 4.66. The number of para-hydroxylation sites is 2. The molecule has 0 bridgehead atoms. The molecule has 0 saturated carbocycles. The van der Waals surface area contributed by atoms with Crippen molar-refractivity contribution >= 4 is 20.9 Å². The minimum Gasteiger partial charge on any atom is -0.376 e. The van der Waals surface area contributed by atoms with Gasteiger partial charge < -0.3 is 18.2 Å². The van der Waals surface area contributed by atoms with Crippen molar-refractivity contribution in [3.05, 3.63) is 60.7 Å². The quantitative estimate of drug-likeness (QED) is 0.608. The number of nitrogens with zero attached hydrogens (tertiary/aromatic N) is 1. The summed E-state index contributed by atoms with van der Waals surface area (Å²) in [6.07, 6.45) is 0. The van der Waals surface area contributed by atoms with E-state index in [0.29, 0.717) is 19.8 Å². The van der Waals surface area contributed by atoms with E-state index in [4.69, 9.17) is 13.3 Å². The van der Waals surface area contributed by atoms with Crippen LogP contribution in [0.2, 0.25) is 0 Å². The lowest BCUT2D eigenvalue weighted by Gasteiger charge is -2.23. The van der Waals surface area contributed by atoms with Crippen LogP contribution >= 0.6 is 0 Å². The summed E-state index contributed by atoms with van der Waals surface area (Å²) in [5, 5.41) is 0. The van der Waals surface area contributed by atoms with E-state index in [1.165, 1.54) is 11.4 Å². The second kappa shape index (κ2) is 13.6. The summed E-state index contributed by atoms with van der Waals surface area (Å²) in [5.41, 5.74) is 2.48. The Balaban J connectivity index is 0.000000275. The molecular weight excluding hydrogens is 330 g/mol. The zero-order chi connectivity index (χ0) is 18.3. The third-order valence-corrected chi connectivity index (χ3v) is 5.18. The normalized spacial score (nSPS) is 10.3. The van der Waals surface area contributed by atoms with E-state index in [-0.39, 0.29) is 0 Å². The maximum absolute atomic E-state index is 5.22. The van der Waals surface area contributed by atoms with Crippen molar-refractivity contribution in [2.24, 2.45) is 0 Å². The average molecular weight is 362 g/mol. The summed E-state index contributed by atoms with van der Waals surface area (Å²) >= 11 is 0. The Bertz CT molecular complexity index is 485. The highest BCUT2D eigenvalue weighted by atomic mass is 28.3. The molecule has 0 amide bonds. The van der Waals surface area contributed by atoms with E-state index < -0.39 is 9.53 Å².